The number of carbonyl (C=O) groups is 1. The number of fused-ring (bicyclic) bond motifs is 3. The zero-order chi connectivity index (χ0) is 27.7. The molecule has 0 spiro atoms. The molecule has 3 aromatic rings. The van der Waals surface area contributed by atoms with Crippen LogP contribution in [0.1, 0.15) is 29.9 Å². The van der Waals surface area contributed by atoms with Crippen molar-refractivity contribution in [2.75, 3.05) is 11.3 Å². The smallest absolute Gasteiger partial charge is 0.261 e. The molecule has 1 saturated heterocycles. The van der Waals surface area contributed by atoms with Crippen molar-refractivity contribution < 1.29 is 41.0 Å². The fourth-order valence-corrected chi connectivity index (χ4v) is 5.98. The van der Waals surface area contributed by atoms with Gasteiger partial charge in [0.05, 0.1) is 24.0 Å². The SMILES string of the molecule is O=C(C[C@@H]1C[C@@H]2c3cc(NS(=O)(=O)c4ccc(F)cc4)ccc3O[C@@H]2[C@@H](CO)O1)NCc1cc(F)ccc1F. The van der Waals surface area contributed by atoms with Crippen LogP contribution in [0, 0.1) is 17.5 Å². The molecule has 0 radical (unpaired) electrons. The summed E-state index contributed by atoms with van der Waals surface area (Å²) in [5.41, 5.74) is 0.962. The quantitative estimate of drug-likeness (QED) is 0.387. The molecule has 1 fully saturated rings. The zero-order valence-electron chi connectivity index (χ0n) is 20.4. The largest absolute Gasteiger partial charge is 0.487 e. The topological polar surface area (TPSA) is 114 Å². The Hall–Kier alpha value is -3.61. The van der Waals surface area contributed by atoms with Crippen LogP contribution >= 0.6 is 0 Å². The van der Waals surface area contributed by atoms with Crippen molar-refractivity contribution in [3.8, 4) is 5.75 Å². The van der Waals surface area contributed by atoms with E-state index in [-0.39, 0.29) is 41.6 Å². The van der Waals surface area contributed by atoms with E-state index in [9.17, 15) is 31.5 Å². The van der Waals surface area contributed by atoms with Crippen molar-refractivity contribution >= 4 is 21.6 Å². The molecule has 0 saturated carbocycles. The number of aliphatic hydroxyl groups is 1. The fourth-order valence-electron chi connectivity index (χ4n) is 4.93. The van der Waals surface area contributed by atoms with E-state index in [2.05, 4.69) is 10.0 Å². The normalized spacial score (nSPS) is 21.9. The molecule has 2 heterocycles. The molecular weight excluding hydrogens is 537 g/mol. The third-order valence-electron chi connectivity index (χ3n) is 6.77. The van der Waals surface area contributed by atoms with Gasteiger partial charge in [0.2, 0.25) is 5.91 Å². The van der Waals surface area contributed by atoms with Crippen LogP contribution in [0.15, 0.2) is 65.6 Å². The fraction of sp³-hybridized carbons (Fsp3) is 0.296. The minimum Gasteiger partial charge on any atom is -0.487 e. The molecule has 0 unspecified atom stereocenters. The van der Waals surface area contributed by atoms with Crippen LogP contribution in [0.5, 0.6) is 5.75 Å². The molecule has 2 aliphatic rings. The van der Waals surface area contributed by atoms with Crippen LogP contribution in [-0.4, -0.2) is 44.4 Å². The molecule has 3 aromatic carbocycles. The molecule has 206 valence electrons. The molecule has 0 aliphatic carbocycles. The maximum atomic E-state index is 13.9. The first kappa shape index (κ1) is 27.0. The summed E-state index contributed by atoms with van der Waals surface area (Å²) in [7, 11) is -3.98. The monoisotopic (exact) mass is 562 g/mol. The lowest BCUT2D eigenvalue weighted by Crippen LogP contribution is -2.47. The van der Waals surface area contributed by atoms with Crippen molar-refractivity contribution in [2.45, 2.75) is 48.5 Å². The Balaban J connectivity index is 1.28. The van der Waals surface area contributed by atoms with Gasteiger partial charge in [-0.2, -0.15) is 0 Å². The summed E-state index contributed by atoms with van der Waals surface area (Å²) in [5, 5.41) is 12.5. The number of amides is 1. The molecule has 39 heavy (non-hydrogen) atoms. The molecule has 0 bridgehead atoms. The summed E-state index contributed by atoms with van der Waals surface area (Å²) in [6.07, 6.45) is -1.66. The Kier molecular flexibility index (Phi) is 7.52. The highest BCUT2D eigenvalue weighted by atomic mass is 32.2. The van der Waals surface area contributed by atoms with Gasteiger partial charge in [0.1, 0.15) is 35.4 Å². The molecule has 5 rings (SSSR count). The Morgan fingerprint density at radius 3 is 2.49 bits per heavy atom. The second-order valence-electron chi connectivity index (χ2n) is 9.43. The van der Waals surface area contributed by atoms with Crippen LogP contribution in [-0.2, 0) is 26.1 Å². The van der Waals surface area contributed by atoms with Crippen LogP contribution in [0.25, 0.3) is 0 Å². The van der Waals surface area contributed by atoms with Gasteiger partial charge >= 0.3 is 0 Å². The number of aliphatic hydroxyl groups excluding tert-OH is 1. The number of rotatable bonds is 8. The maximum Gasteiger partial charge on any atom is 0.261 e. The van der Waals surface area contributed by atoms with Crippen molar-refractivity contribution in [1.82, 2.24) is 5.32 Å². The van der Waals surface area contributed by atoms with Crippen LogP contribution in [0.3, 0.4) is 0 Å². The molecule has 1 amide bonds. The van der Waals surface area contributed by atoms with Gasteiger partial charge in [-0.15, -0.1) is 0 Å². The van der Waals surface area contributed by atoms with E-state index >= 15 is 0 Å². The predicted octanol–water partition coefficient (Wildman–Crippen LogP) is 3.61. The highest BCUT2D eigenvalue weighted by molar-refractivity contribution is 7.92. The Morgan fingerprint density at radius 1 is 1.00 bits per heavy atom. The number of carbonyl (C=O) groups excluding carboxylic acids is 1. The van der Waals surface area contributed by atoms with Gasteiger partial charge in [0, 0.05) is 29.3 Å². The Bertz CT molecular complexity index is 1490. The Morgan fingerprint density at radius 2 is 1.74 bits per heavy atom. The van der Waals surface area contributed by atoms with Gasteiger partial charge in [0.15, 0.2) is 0 Å². The third-order valence-corrected chi connectivity index (χ3v) is 8.17. The first-order valence-corrected chi connectivity index (χ1v) is 13.7. The van der Waals surface area contributed by atoms with Crippen LogP contribution in [0.4, 0.5) is 18.9 Å². The number of halogens is 3. The minimum atomic E-state index is -3.98. The number of anilines is 1. The van der Waals surface area contributed by atoms with E-state index in [1.165, 1.54) is 6.07 Å². The second kappa shape index (κ2) is 10.9. The summed E-state index contributed by atoms with van der Waals surface area (Å²) in [6, 6.07) is 12.2. The van der Waals surface area contributed by atoms with Gasteiger partial charge in [-0.25, -0.2) is 21.6 Å². The zero-order valence-corrected chi connectivity index (χ0v) is 21.3. The molecule has 8 nitrogen and oxygen atoms in total. The van der Waals surface area contributed by atoms with Crippen molar-refractivity contribution in [1.29, 1.82) is 0 Å². The average molecular weight is 563 g/mol. The van der Waals surface area contributed by atoms with E-state index in [1.54, 1.807) is 12.1 Å². The molecule has 12 heteroatoms. The number of nitrogens with one attached hydrogen (secondary N) is 2. The standard InChI is InChI=1S/C27H25F3N2O6S/c28-16-1-5-20(6-2-16)39(35,36)32-18-4-8-24-21(10-18)22-11-19(37-25(14-33)27(22)38-24)12-26(34)31-13-15-9-17(29)3-7-23(15)30/h1-10,19,22,25,27,32-33H,11-14H2,(H,31,34)/t19-,22+,25+,27-/m0/s1. The van der Waals surface area contributed by atoms with E-state index < -0.39 is 51.7 Å². The van der Waals surface area contributed by atoms with Crippen LogP contribution in [0.2, 0.25) is 0 Å². The van der Waals surface area contributed by atoms with E-state index in [1.807, 2.05) is 0 Å². The lowest BCUT2D eigenvalue weighted by atomic mass is 9.84. The van der Waals surface area contributed by atoms with Gasteiger partial charge in [-0.05, 0) is 67.1 Å². The highest BCUT2D eigenvalue weighted by Crippen LogP contribution is 2.47. The van der Waals surface area contributed by atoms with Crippen molar-refractivity contribution in [2.24, 2.45) is 0 Å². The van der Waals surface area contributed by atoms with Gasteiger partial charge < -0.3 is 19.9 Å². The lowest BCUT2D eigenvalue weighted by molar-refractivity contribution is -0.142. The average Bonchev–Trinajstić information content (AvgIpc) is 3.26. The maximum absolute atomic E-state index is 13.9. The summed E-state index contributed by atoms with van der Waals surface area (Å²) in [6.45, 7) is -0.569. The molecule has 0 aromatic heterocycles. The number of sulfonamides is 1. The van der Waals surface area contributed by atoms with E-state index in [0.29, 0.717) is 17.7 Å². The summed E-state index contributed by atoms with van der Waals surface area (Å²) < 4.78 is 80.4. The minimum absolute atomic E-state index is 0.00921. The van der Waals surface area contributed by atoms with E-state index in [4.69, 9.17) is 9.47 Å². The third kappa shape index (κ3) is 5.87. The van der Waals surface area contributed by atoms with Gasteiger partial charge in [-0.3, -0.25) is 9.52 Å². The van der Waals surface area contributed by atoms with E-state index in [0.717, 1.165) is 42.5 Å². The molecule has 3 N–H and O–H groups in total. The predicted molar refractivity (Wildman–Crippen MR) is 134 cm³/mol. The Labute approximate surface area is 222 Å². The number of hydrogen-bond acceptors (Lipinski definition) is 6. The van der Waals surface area contributed by atoms with Gasteiger partial charge in [-0.1, -0.05) is 0 Å². The summed E-state index contributed by atoms with van der Waals surface area (Å²) in [4.78, 5) is 12.5. The molecular formula is C27H25F3N2O6S. The highest BCUT2D eigenvalue weighted by Gasteiger charge is 2.46. The summed E-state index contributed by atoms with van der Waals surface area (Å²) >= 11 is 0. The number of hydrogen-bond donors (Lipinski definition) is 3. The lowest BCUT2D eigenvalue weighted by Gasteiger charge is -2.37. The van der Waals surface area contributed by atoms with Crippen LogP contribution < -0.4 is 14.8 Å². The molecule has 4 atom stereocenters. The summed E-state index contributed by atoms with van der Waals surface area (Å²) in [5.74, 6) is -2.06. The first-order chi connectivity index (χ1) is 18.6. The number of ether oxygens (including phenoxy) is 2. The van der Waals surface area contributed by atoms with Crippen molar-refractivity contribution in [3.05, 3.63) is 89.2 Å². The number of benzene rings is 3. The second-order valence-corrected chi connectivity index (χ2v) is 11.1. The molecule has 2 aliphatic heterocycles. The first-order valence-electron chi connectivity index (χ1n) is 12.2. The van der Waals surface area contributed by atoms with Gasteiger partial charge in [0.25, 0.3) is 10.0 Å². The van der Waals surface area contributed by atoms with Crippen molar-refractivity contribution in [3.63, 3.8) is 0 Å².